The number of ether oxygens (including phenoxy) is 2. The molecule has 2 aliphatic rings. The summed E-state index contributed by atoms with van der Waals surface area (Å²) < 4.78 is 37.3. The van der Waals surface area contributed by atoms with Crippen LogP contribution in [0.4, 0.5) is 11.4 Å². The molecule has 8 nitrogen and oxygen atoms in total. The lowest BCUT2D eigenvalue weighted by atomic mass is 10.1. The van der Waals surface area contributed by atoms with Gasteiger partial charge in [0.05, 0.1) is 18.0 Å². The molecule has 1 unspecified atom stereocenters. The summed E-state index contributed by atoms with van der Waals surface area (Å²) in [5, 5.41) is 3.03. The lowest BCUT2D eigenvalue weighted by molar-refractivity contribution is -0.121. The van der Waals surface area contributed by atoms with Crippen molar-refractivity contribution in [1.82, 2.24) is 5.32 Å². The summed E-state index contributed by atoms with van der Waals surface area (Å²) in [5.41, 5.74) is 2.78. The van der Waals surface area contributed by atoms with Crippen LogP contribution in [0.5, 0.6) is 11.5 Å². The van der Waals surface area contributed by atoms with Gasteiger partial charge in [0.25, 0.3) is 0 Å². The Balaban J connectivity index is 1.30. The Morgan fingerprint density at radius 1 is 1.03 bits per heavy atom. The lowest BCUT2D eigenvalue weighted by Gasteiger charge is -2.29. The second-order valence-corrected chi connectivity index (χ2v) is 11.1. The standard InChI is InChI=1S/C26H35N3O5S/c1-20(21-8-10-22(11-9-21)28-14-4-3-5-15-28)27-26(30)7-6-16-29(35(2,31)32)23-12-13-24-25(19-23)34-18-17-33-24/h8-13,19-20H,3-7,14-18H2,1-2H3,(H,27,30). The number of sulfonamides is 1. The van der Waals surface area contributed by atoms with Crippen molar-refractivity contribution in [1.29, 1.82) is 0 Å². The third-order valence-electron chi connectivity index (χ3n) is 6.47. The van der Waals surface area contributed by atoms with Crippen LogP contribution >= 0.6 is 0 Å². The summed E-state index contributed by atoms with van der Waals surface area (Å²) in [4.78, 5) is 15.0. The van der Waals surface area contributed by atoms with Crippen LogP contribution in [-0.4, -0.2) is 53.4 Å². The van der Waals surface area contributed by atoms with Gasteiger partial charge in [0.2, 0.25) is 15.9 Å². The molecule has 0 radical (unpaired) electrons. The Hall–Kier alpha value is -2.94. The molecular weight excluding hydrogens is 466 g/mol. The number of carbonyl (C=O) groups is 1. The zero-order chi connectivity index (χ0) is 24.8. The summed E-state index contributed by atoms with van der Waals surface area (Å²) in [5.74, 6) is 1.03. The van der Waals surface area contributed by atoms with Crippen LogP contribution in [0.1, 0.15) is 50.6 Å². The first kappa shape index (κ1) is 25.2. The number of anilines is 2. The van der Waals surface area contributed by atoms with Crippen LogP contribution in [-0.2, 0) is 14.8 Å². The van der Waals surface area contributed by atoms with Crippen LogP contribution in [0.3, 0.4) is 0 Å². The van der Waals surface area contributed by atoms with Crippen molar-refractivity contribution in [2.45, 2.75) is 45.1 Å². The number of rotatable bonds is 9. The van der Waals surface area contributed by atoms with Crippen LogP contribution < -0.4 is 24.0 Å². The van der Waals surface area contributed by atoms with Crippen LogP contribution in [0.15, 0.2) is 42.5 Å². The molecule has 0 saturated carbocycles. The van der Waals surface area contributed by atoms with Crippen molar-refractivity contribution in [2.24, 2.45) is 0 Å². The van der Waals surface area contributed by atoms with Gasteiger partial charge in [-0.1, -0.05) is 12.1 Å². The van der Waals surface area contributed by atoms with Gasteiger partial charge >= 0.3 is 0 Å². The molecule has 2 aliphatic heterocycles. The van der Waals surface area contributed by atoms with E-state index in [2.05, 4.69) is 34.5 Å². The monoisotopic (exact) mass is 501 g/mol. The molecule has 1 atom stereocenters. The maximum atomic E-state index is 12.6. The Kier molecular flexibility index (Phi) is 8.05. The van der Waals surface area contributed by atoms with E-state index >= 15 is 0 Å². The van der Waals surface area contributed by atoms with Crippen LogP contribution in [0, 0.1) is 0 Å². The van der Waals surface area contributed by atoms with E-state index in [1.54, 1.807) is 18.2 Å². The van der Waals surface area contributed by atoms with Gasteiger partial charge in [-0.05, 0) is 62.4 Å². The Morgan fingerprint density at radius 3 is 2.40 bits per heavy atom. The van der Waals surface area contributed by atoms with Crippen molar-refractivity contribution >= 4 is 27.3 Å². The molecule has 35 heavy (non-hydrogen) atoms. The molecule has 0 aromatic heterocycles. The van der Waals surface area contributed by atoms with E-state index in [1.165, 1.54) is 35.5 Å². The highest BCUT2D eigenvalue weighted by molar-refractivity contribution is 7.92. The second kappa shape index (κ2) is 11.2. The number of hydrogen-bond donors (Lipinski definition) is 1. The number of piperidine rings is 1. The molecule has 1 amide bonds. The Morgan fingerprint density at radius 2 is 1.71 bits per heavy atom. The van der Waals surface area contributed by atoms with Gasteiger partial charge in [-0.2, -0.15) is 0 Å². The van der Waals surface area contributed by atoms with Gasteiger partial charge in [0.1, 0.15) is 13.2 Å². The van der Waals surface area contributed by atoms with Gasteiger partial charge in [-0.25, -0.2) is 8.42 Å². The maximum Gasteiger partial charge on any atom is 0.232 e. The molecule has 1 fully saturated rings. The number of benzene rings is 2. The average molecular weight is 502 g/mol. The quantitative estimate of drug-likeness (QED) is 0.561. The predicted molar refractivity (Wildman–Crippen MR) is 138 cm³/mol. The van der Waals surface area contributed by atoms with E-state index < -0.39 is 10.0 Å². The van der Waals surface area contributed by atoms with E-state index in [9.17, 15) is 13.2 Å². The number of fused-ring (bicyclic) bond motifs is 1. The van der Waals surface area contributed by atoms with Gasteiger partial charge in [0, 0.05) is 37.8 Å². The second-order valence-electron chi connectivity index (χ2n) is 9.20. The molecular formula is C26H35N3O5S. The number of hydrogen-bond acceptors (Lipinski definition) is 6. The van der Waals surface area contributed by atoms with Crippen molar-refractivity contribution in [3.63, 3.8) is 0 Å². The molecule has 2 aromatic carbocycles. The summed E-state index contributed by atoms with van der Waals surface area (Å²) in [6.07, 6.45) is 5.57. The number of amides is 1. The molecule has 4 rings (SSSR count). The largest absolute Gasteiger partial charge is 0.486 e. The van der Waals surface area contributed by atoms with Crippen molar-refractivity contribution < 1.29 is 22.7 Å². The van der Waals surface area contributed by atoms with E-state index in [0.717, 1.165) is 18.7 Å². The molecule has 2 heterocycles. The highest BCUT2D eigenvalue weighted by Gasteiger charge is 2.21. The topological polar surface area (TPSA) is 88.2 Å². The highest BCUT2D eigenvalue weighted by atomic mass is 32.2. The summed E-state index contributed by atoms with van der Waals surface area (Å²) >= 11 is 0. The van der Waals surface area contributed by atoms with Crippen LogP contribution in [0.2, 0.25) is 0 Å². The SMILES string of the molecule is CC(NC(=O)CCCN(c1ccc2c(c1)OCCO2)S(C)(=O)=O)c1ccc(N2CCCCC2)cc1. The molecule has 2 aromatic rings. The van der Waals surface area contributed by atoms with Crippen molar-refractivity contribution in [3.05, 3.63) is 48.0 Å². The fraction of sp³-hybridized carbons (Fsp3) is 0.500. The molecule has 0 bridgehead atoms. The van der Waals surface area contributed by atoms with E-state index in [0.29, 0.717) is 36.8 Å². The van der Waals surface area contributed by atoms with Gasteiger partial charge in [0.15, 0.2) is 11.5 Å². The Bertz CT molecular complexity index is 1110. The fourth-order valence-electron chi connectivity index (χ4n) is 4.58. The first-order valence-electron chi connectivity index (χ1n) is 12.3. The van der Waals surface area contributed by atoms with Crippen molar-refractivity contribution in [2.75, 3.05) is 48.3 Å². The predicted octanol–water partition coefficient (Wildman–Crippen LogP) is 3.87. The first-order valence-corrected chi connectivity index (χ1v) is 14.2. The minimum atomic E-state index is -3.52. The molecule has 9 heteroatoms. The molecule has 1 saturated heterocycles. The third kappa shape index (κ3) is 6.60. The normalized spacial score (nSPS) is 16.5. The van der Waals surface area contributed by atoms with Gasteiger partial charge in [-0.15, -0.1) is 0 Å². The van der Waals surface area contributed by atoms with Crippen LogP contribution in [0.25, 0.3) is 0 Å². The fourth-order valence-corrected chi connectivity index (χ4v) is 5.54. The lowest BCUT2D eigenvalue weighted by Crippen LogP contribution is -2.32. The smallest absolute Gasteiger partial charge is 0.232 e. The molecule has 0 aliphatic carbocycles. The number of carbonyl (C=O) groups excluding carboxylic acids is 1. The minimum Gasteiger partial charge on any atom is -0.486 e. The van der Waals surface area contributed by atoms with E-state index in [1.807, 2.05) is 6.92 Å². The average Bonchev–Trinajstić information content (AvgIpc) is 2.86. The first-order chi connectivity index (χ1) is 16.8. The van der Waals surface area contributed by atoms with E-state index in [4.69, 9.17) is 9.47 Å². The third-order valence-corrected chi connectivity index (χ3v) is 7.66. The minimum absolute atomic E-state index is 0.103. The maximum absolute atomic E-state index is 12.6. The molecule has 190 valence electrons. The van der Waals surface area contributed by atoms with E-state index in [-0.39, 0.29) is 24.9 Å². The zero-order valence-corrected chi connectivity index (χ0v) is 21.4. The van der Waals surface area contributed by atoms with Crippen molar-refractivity contribution in [3.8, 4) is 11.5 Å². The van der Waals surface area contributed by atoms with Gasteiger partial charge < -0.3 is 19.7 Å². The van der Waals surface area contributed by atoms with Gasteiger partial charge in [-0.3, -0.25) is 9.10 Å². The highest BCUT2D eigenvalue weighted by Crippen LogP contribution is 2.34. The summed E-state index contributed by atoms with van der Waals surface area (Å²) in [6.45, 7) is 5.26. The summed E-state index contributed by atoms with van der Waals surface area (Å²) in [7, 11) is -3.52. The molecule has 1 N–H and O–H groups in total. The number of nitrogens with one attached hydrogen (secondary N) is 1. The Labute approximate surface area is 208 Å². The zero-order valence-electron chi connectivity index (χ0n) is 20.5. The molecule has 0 spiro atoms. The number of nitrogens with zero attached hydrogens (tertiary/aromatic N) is 2. The summed E-state index contributed by atoms with van der Waals surface area (Å²) in [6, 6.07) is 13.4.